The van der Waals surface area contributed by atoms with Gasteiger partial charge in [-0.15, -0.1) is 0 Å². The molecule has 0 aromatic heterocycles. The number of nitrogens with zero attached hydrogens (tertiary/aromatic N) is 1. The molecule has 0 spiro atoms. The molecule has 0 radical (unpaired) electrons. The lowest BCUT2D eigenvalue weighted by Gasteiger charge is -2.25. The Bertz CT molecular complexity index is 330. The van der Waals surface area contributed by atoms with Crippen molar-refractivity contribution < 1.29 is 13.5 Å². The Hall–Kier alpha value is -0.240. The van der Waals surface area contributed by atoms with Gasteiger partial charge in [-0.05, 0) is 12.8 Å². The summed E-state index contributed by atoms with van der Waals surface area (Å²) in [7, 11) is -3.54. The molecule has 7 heteroatoms. The number of aliphatic hydroxyl groups excluding tert-OH is 1. The molecule has 3 N–H and O–H groups in total. The van der Waals surface area contributed by atoms with E-state index in [4.69, 9.17) is 23.1 Å². The van der Waals surface area contributed by atoms with E-state index < -0.39 is 15.3 Å². The molecule has 0 heterocycles. The molecule has 0 aliphatic carbocycles. The Morgan fingerprint density at radius 3 is 2.35 bits per heavy atom. The SMILES string of the molecule is CCCCN(CCO)S(=O)(=O)C(CC)C(N)=S. The fraction of sp³-hybridized carbons (Fsp3) is 0.900. The molecule has 0 bridgehead atoms. The summed E-state index contributed by atoms with van der Waals surface area (Å²) in [5, 5.41) is 8.09. The summed E-state index contributed by atoms with van der Waals surface area (Å²) in [4.78, 5) is -0.00746. The minimum atomic E-state index is -3.54. The van der Waals surface area contributed by atoms with Crippen molar-refractivity contribution in [1.29, 1.82) is 0 Å². The molecule has 0 saturated carbocycles. The quantitative estimate of drug-likeness (QED) is 0.601. The van der Waals surface area contributed by atoms with E-state index in [0.29, 0.717) is 13.0 Å². The van der Waals surface area contributed by atoms with Crippen LogP contribution in [0.3, 0.4) is 0 Å². The Balaban J connectivity index is 4.98. The average molecular weight is 282 g/mol. The van der Waals surface area contributed by atoms with Crippen molar-refractivity contribution in [2.75, 3.05) is 19.7 Å². The predicted molar refractivity (Wildman–Crippen MR) is 73.4 cm³/mol. The van der Waals surface area contributed by atoms with Crippen LogP contribution in [-0.2, 0) is 10.0 Å². The second kappa shape index (κ2) is 7.97. The highest BCUT2D eigenvalue weighted by atomic mass is 32.2. The Kier molecular flexibility index (Phi) is 7.85. The van der Waals surface area contributed by atoms with E-state index in [1.54, 1.807) is 6.92 Å². The number of hydrogen-bond donors (Lipinski definition) is 2. The van der Waals surface area contributed by atoms with Gasteiger partial charge in [0.05, 0.1) is 11.6 Å². The zero-order chi connectivity index (χ0) is 13.5. The number of hydrogen-bond acceptors (Lipinski definition) is 4. The van der Waals surface area contributed by atoms with Crippen molar-refractivity contribution in [2.45, 2.75) is 38.4 Å². The summed E-state index contributed by atoms with van der Waals surface area (Å²) in [6.07, 6.45) is 2.00. The molecular formula is C10H22N2O3S2. The average Bonchev–Trinajstić information content (AvgIpc) is 2.23. The van der Waals surface area contributed by atoms with E-state index in [0.717, 1.165) is 12.8 Å². The van der Waals surface area contributed by atoms with Crippen LogP contribution >= 0.6 is 12.2 Å². The van der Waals surface area contributed by atoms with Gasteiger partial charge in [0.15, 0.2) is 0 Å². The van der Waals surface area contributed by atoms with Gasteiger partial charge in [-0.1, -0.05) is 32.5 Å². The maximum absolute atomic E-state index is 12.2. The molecule has 0 fully saturated rings. The maximum Gasteiger partial charge on any atom is 0.223 e. The van der Waals surface area contributed by atoms with Crippen LogP contribution in [0.2, 0.25) is 0 Å². The van der Waals surface area contributed by atoms with Crippen LogP contribution in [0.1, 0.15) is 33.1 Å². The van der Waals surface area contributed by atoms with Crippen molar-refractivity contribution in [2.24, 2.45) is 5.73 Å². The topological polar surface area (TPSA) is 83.6 Å². The molecule has 0 aliphatic rings. The van der Waals surface area contributed by atoms with Crippen molar-refractivity contribution in [3.63, 3.8) is 0 Å². The summed E-state index contributed by atoms with van der Waals surface area (Å²) < 4.78 is 25.8. The van der Waals surface area contributed by atoms with Crippen LogP contribution in [-0.4, -0.2) is 47.8 Å². The third-order valence-corrected chi connectivity index (χ3v) is 5.34. The number of thiocarbonyl (C=S) groups is 1. The summed E-state index contributed by atoms with van der Waals surface area (Å²) in [5.74, 6) is 0. The fourth-order valence-electron chi connectivity index (χ4n) is 1.55. The van der Waals surface area contributed by atoms with Crippen molar-refractivity contribution in [3.8, 4) is 0 Å². The predicted octanol–water partition coefficient (Wildman–Crippen LogP) is 0.475. The monoisotopic (exact) mass is 282 g/mol. The third-order valence-electron chi connectivity index (χ3n) is 2.52. The van der Waals surface area contributed by atoms with Gasteiger partial charge in [0, 0.05) is 13.1 Å². The van der Waals surface area contributed by atoms with E-state index >= 15 is 0 Å². The highest BCUT2D eigenvalue weighted by Gasteiger charge is 2.32. The fourth-order valence-corrected chi connectivity index (χ4v) is 3.88. The first-order valence-corrected chi connectivity index (χ1v) is 7.72. The van der Waals surface area contributed by atoms with Gasteiger partial charge in [0.2, 0.25) is 10.0 Å². The maximum atomic E-state index is 12.2. The van der Waals surface area contributed by atoms with E-state index in [1.165, 1.54) is 4.31 Å². The standard InChI is InChI=1S/C10H22N2O3S2/c1-3-5-6-12(7-8-13)17(14,15)9(4-2)10(11)16/h9,13H,3-8H2,1-2H3,(H2,11,16). The van der Waals surface area contributed by atoms with Crippen molar-refractivity contribution >= 4 is 27.2 Å². The van der Waals surface area contributed by atoms with Gasteiger partial charge < -0.3 is 10.8 Å². The molecule has 0 aromatic carbocycles. The Morgan fingerprint density at radius 1 is 1.41 bits per heavy atom. The van der Waals surface area contributed by atoms with Gasteiger partial charge in [0.25, 0.3) is 0 Å². The second-order valence-electron chi connectivity index (χ2n) is 3.82. The zero-order valence-electron chi connectivity index (χ0n) is 10.4. The normalized spacial score (nSPS) is 13.9. The molecule has 5 nitrogen and oxygen atoms in total. The van der Waals surface area contributed by atoms with E-state index in [9.17, 15) is 8.42 Å². The summed E-state index contributed by atoms with van der Waals surface area (Å²) >= 11 is 4.79. The molecule has 102 valence electrons. The van der Waals surface area contributed by atoms with Crippen LogP contribution in [0.4, 0.5) is 0 Å². The first kappa shape index (κ1) is 16.8. The lowest BCUT2D eigenvalue weighted by Crippen LogP contribution is -2.45. The Morgan fingerprint density at radius 2 is 2.00 bits per heavy atom. The summed E-state index contributed by atoms with van der Waals surface area (Å²) in [6, 6.07) is 0. The van der Waals surface area contributed by atoms with E-state index in [-0.39, 0.29) is 18.1 Å². The molecule has 1 atom stereocenters. The molecule has 0 aromatic rings. The highest BCUT2D eigenvalue weighted by molar-refractivity contribution is 7.92. The van der Waals surface area contributed by atoms with Crippen LogP contribution in [0, 0.1) is 0 Å². The van der Waals surface area contributed by atoms with Crippen LogP contribution in [0.25, 0.3) is 0 Å². The van der Waals surface area contributed by atoms with Crippen LogP contribution in [0.15, 0.2) is 0 Å². The molecule has 17 heavy (non-hydrogen) atoms. The van der Waals surface area contributed by atoms with Crippen LogP contribution in [0.5, 0.6) is 0 Å². The molecular weight excluding hydrogens is 260 g/mol. The van der Waals surface area contributed by atoms with Gasteiger partial charge >= 0.3 is 0 Å². The molecule has 0 saturated heterocycles. The van der Waals surface area contributed by atoms with Crippen molar-refractivity contribution in [3.05, 3.63) is 0 Å². The number of rotatable bonds is 9. The zero-order valence-corrected chi connectivity index (χ0v) is 12.1. The van der Waals surface area contributed by atoms with Gasteiger partial charge in [-0.2, -0.15) is 4.31 Å². The largest absolute Gasteiger partial charge is 0.395 e. The smallest absolute Gasteiger partial charge is 0.223 e. The minimum absolute atomic E-state index is 0.00746. The van der Waals surface area contributed by atoms with Gasteiger partial charge in [-0.25, -0.2) is 8.42 Å². The van der Waals surface area contributed by atoms with E-state index in [2.05, 4.69) is 0 Å². The number of unbranched alkanes of at least 4 members (excludes halogenated alkanes) is 1. The lowest BCUT2D eigenvalue weighted by molar-refractivity contribution is 0.252. The molecule has 0 amide bonds. The highest BCUT2D eigenvalue weighted by Crippen LogP contribution is 2.14. The van der Waals surface area contributed by atoms with Gasteiger partial charge in [0.1, 0.15) is 5.25 Å². The first-order chi connectivity index (χ1) is 7.91. The number of sulfonamides is 1. The second-order valence-corrected chi connectivity index (χ2v) is 6.41. The number of nitrogens with two attached hydrogens (primary N) is 1. The number of aliphatic hydroxyl groups is 1. The van der Waals surface area contributed by atoms with Crippen molar-refractivity contribution in [1.82, 2.24) is 4.31 Å². The third kappa shape index (κ3) is 4.87. The first-order valence-electron chi connectivity index (χ1n) is 5.80. The van der Waals surface area contributed by atoms with E-state index in [1.807, 2.05) is 6.92 Å². The molecule has 0 aliphatic heterocycles. The van der Waals surface area contributed by atoms with Gasteiger partial charge in [-0.3, -0.25) is 0 Å². The summed E-state index contributed by atoms with van der Waals surface area (Å²) in [6.45, 7) is 4.02. The van der Waals surface area contributed by atoms with Crippen LogP contribution < -0.4 is 5.73 Å². The molecule has 0 rings (SSSR count). The lowest BCUT2D eigenvalue weighted by atomic mass is 10.3. The summed E-state index contributed by atoms with van der Waals surface area (Å²) in [5.41, 5.74) is 5.46. The minimum Gasteiger partial charge on any atom is -0.395 e. The molecule has 1 unspecified atom stereocenters. The Labute approximate surface area is 109 Å².